The molecule has 6 nitrogen and oxygen atoms in total. The van der Waals surface area contributed by atoms with Crippen molar-refractivity contribution in [2.75, 3.05) is 11.5 Å². The number of hydrogen-bond acceptors (Lipinski definition) is 4. The number of carbonyl (C=O) groups excluding carboxylic acids is 1. The van der Waals surface area contributed by atoms with Crippen LogP contribution >= 0.6 is 0 Å². The summed E-state index contributed by atoms with van der Waals surface area (Å²) in [6.45, 7) is 3.38. The standard InChI is InChI=1S/C16H18FN3O3S/c1-11-12(9-18-20(11)14-6-4-3-5-13(14)17)15(21)19-16(2)7-8-24(22,23)10-16/h3-6,9H,7-8,10H2,1-2H3,(H,19,21). The van der Waals surface area contributed by atoms with Gasteiger partial charge in [0.05, 0.1) is 34.5 Å². The SMILES string of the molecule is Cc1c(C(=O)NC2(C)CCS(=O)(=O)C2)cnn1-c1ccccc1F. The minimum atomic E-state index is -3.12. The molecule has 128 valence electrons. The number of carbonyl (C=O) groups is 1. The highest BCUT2D eigenvalue weighted by molar-refractivity contribution is 7.91. The van der Waals surface area contributed by atoms with E-state index in [4.69, 9.17) is 0 Å². The Morgan fingerprint density at radius 1 is 1.38 bits per heavy atom. The molecule has 8 heteroatoms. The van der Waals surface area contributed by atoms with Crippen LogP contribution in [0.2, 0.25) is 0 Å². The average molecular weight is 351 g/mol. The zero-order valence-corrected chi connectivity index (χ0v) is 14.2. The number of para-hydroxylation sites is 1. The molecule has 1 aromatic heterocycles. The lowest BCUT2D eigenvalue weighted by Gasteiger charge is -2.23. The lowest BCUT2D eigenvalue weighted by atomic mass is 10.0. The number of sulfone groups is 1. The first-order valence-corrected chi connectivity index (χ1v) is 9.35. The molecule has 0 spiro atoms. The average Bonchev–Trinajstić information content (AvgIpc) is 2.99. The Labute approximate surface area is 139 Å². The van der Waals surface area contributed by atoms with Gasteiger partial charge in [-0.3, -0.25) is 4.79 Å². The van der Waals surface area contributed by atoms with Crippen molar-refractivity contribution in [3.05, 3.63) is 47.5 Å². The summed E-state index contributed by atoms with van der Waals surface area (Å²) >= 11 is 0. The molecule has 3 rings (SSSR count). The smallest absolute Gasteiger partial charge is 0.255 e. The summed E-state index contributed by atoms with van der Waals surface area (Å²) in [5, 5.41) is 6.87. The molecule has 0 aliphatic carbocycles. The van der Waals surface area contributed by atoms with Crippen molar-refractivity contribution in [3.8, 4) is 5.69 Å². The lowest BCUT2D eigenvalue weighted by molar-refractivity contribution is 0.0914. The third kappa shape index (κ3) is 3.06. The van der Waals surface area contributed by atoms with Crippen molar-refractivity contribution >= 4 is 15.7 Å². The molecule has 0 radical (unpaired) electrons. The van der Waals surface area contributed by atoms with E-state index in [1.165, 1.54) is 16.9 Å². The molecule has 1 aliphatic rings. The fraction of sp³-hybridized carbons (Fsp3) is 0.375. The summed E-state index contributed by atoms with van der Waals surface area (Å²) in [5.74, 6) is -0.858. The van der Waals surface area contributed by atoms with E-state index in [1.54, 1.807) is 32.0 Å². The second-order valence-electron chi connectivity index (χ2n) is 6.36. The normalized spacial score (nSPS) is 22.5. The molecule has 1 fully saturated rings. The summed E-state index contributed by atoms with van der Waals surface area (Å²) in [5.41, 5.74) is 0.247. The number of hydrogen-bond donors (Lipinski definition) is 1. The molecule has 0 saturated carbocycles. The molecule has 2 aromatic rings. The van der Waals surface area contributed by atoms with E-state index in [1.807, 2.05) is 0 Å². The van der Waals surface area contributed by atoms with E-state index in [0.29, 0.717) is 17.7 Å². The van der Waals surface area contributed by atoms with Gasteiger partial charge in [0.25, 0.3) is 5.91 Å². The molecule has 1 saturated heterocycles. The van der Waals surface area contributed by atoms with E-state index in [0.717, 1.165) is 0 Å². The highest BCUT2D eigenvalue weighted by Crippen LogP contribution is 2.24. The Morgan fingerprint density at radius 3 is 2.71 bits per heavy atom. The summed E-state index contributed by atoms with van der Waals surface area (Å²) in [7, 11) is -3.12. The predicted molar refractivity (Wildman–Crippen MR) is 87.4 cm³/mol. The minimum absolute atomic E-state index is 0.0667. The first-order chi connectivity index (χ1) is 11.2. The Balaban J connectivity index is 1.86. The maximum Gasteiger partial charge on any atom is 0.255 e. The second-order valence-corrected chi connectivity index (χ2v) is 8.55. The number of amides is 1. The quantitative estimate of drug-likeness (QED) is 0.911. The first-order valence-electron chi connectivity index (χ1n) is 7.53. The van der Waals surface area contributed by atoms with Gasteiger partial charge in [0.15, 0.2) is 9.84 Å². The Morgan fingerprint density at radius 2 is 2.08 bits per heavy atom. The molecule has 1 N–H and O–H groups in total. The van der Waals surface area contributed by atoms with Crippen LogP contribution in [0.3, 0.4) is 0 Å². The van der Waals surface area contributed by atoms with Crippen LogP contribution in [-0.2, 0) is 9.84 Å². The predicted octanol–water partition coefficient (Wildman–Crippen LogP) is 1.63. The van der Waals surface area contributed by atoms with Crippen molar-refractivity contribution in [1.82, 2.24) is 15.1 Å². The van der Waals surface area contributed by atoms with E-state index in [9.17, 15) is 17.6 Å². The van der Waals surface area contributed by atoms with Crippen LogP contribution in [0, 0.1) is 12.7 Å². The van der Waals surface area contributed by atoms with Gasteiger partial charge in [0.1, 0.15) is 11.5 Å². The van der Waals surface area contributed by atoms with Gasteiger partial charge in [0.2, 0.25) is 0 Å². The summed E-state index contributed by atoms with van der Waals surface area (Å²) in [6, 6.07) is 6.15. The van der Waals surface area contributed by atoms with Crippen molar-refractivity contribution in [1.29, 1.82) is 0 Å². The Kier molecular flexibility index (Phi) is 3.95. The van der Waals surface area contributed by atoms with Gasteiger partial charge < -0.3 is 5.32 Å². The third-order valence-electron chi connectivity index (χ3n) is 4.25. The highest BCUT2D eigenvalue weighted by Gasteiger charge is 2.40. The molecule has 1 amide bonds. The Hall–Kier alpha value is -2.22. The topological polar surface area (TPSA) is 81.1 Å². The van der Waals surface area contributed by atoms with Crippen molar-refractivity contribution < 1.29 is 17.6 Å². The van der Waals surface area contributed by atoms with Crippen LogP contribution in [0.5, 0.6) is 0 Å². The van der Waals surface area contributed by atoms with Crippen molar-refractivity contribution in [3.63, 3.8) is 0 Å². The second kappa shape index (κ2) is 5.70. The number of nitrogens with zero attached hydrogens (tertiary/aromatic N) is 2. The number of benzene rings is 1. The first kappa shape index (κ1) is 16.6. The third-order valence-corrected chi connectivity index (χ3v) is 6.16. The molecular weight excluding hydrogens is 333 g/mol. The Bertz CT molecular complexity index is 907. The van der Waals surface area contributed by atoms with Crippen molar-refractivity contribution in [2.45, 2.75) is 25.8 Å². The monoisotopic (exact) mass is 351 g/mol. The van der Waals surface area contributed by atoms with Gasteiger partial charge in [0, 0.05) is 0 Å². The van der Waals surface area contributed by atoms with E-state index < -0.39 is 27.1 Å². The van der Waals surface area contributed by atoms with Crippen LogP contribution < -0.4 is 5.32 Å². The van der Waals surface area contributed by atoms with Gasteiger partial charge in [-0.2, -0.15) is 5.10 Å². The van der Waals surface area contributed by atoms with Crippen molar-refractivity contribution in [2.24, 2.45) is 0 Å². The fourth-order valence-corrected chi connectivity index (χ4v) is 5.04. The van der Waals surface area contributed by atoms with Gasteiger partial charge >= 0.3 is 0 Å². The number of rotatable bonds is 3. The van der Waals surface area contributed by atoms with Gasteiger partial charge in [-0.1, -0.05) is 12.1 Å². The maximum absolute atomic E-state index is 13.9. The minimum Gasteiger partial charge on any atom is -0.346 e. The van der Waals surface area contributed by atoms with Crippen LogP contribution in [0.4, 0.5) is 4.39 Å². The number of aromatic nitrogens is 2. The fourth-order valence-electron chi connectivity index (χ4n) is 2.95. The van der Waals surface area contributed by atoms with E-state index in [2.05, 4.69) is 10.4 Å². The van der Waals surface area contributed by atoms with Crippen LogP contribution in [0.15, 0.2) is 30.5 Å². The van der Waals surface area contributed by atoms with E-state index in [-0.39, 0.29) is 17.2 Å². The summed E-state index contributed by atoms with van der Waals surface area (Å²) < 4.78 is 38.6. The molecule has 1 aliphatic heterocycles. The lowest BCUT2D eigenvalue weighted by Crippen LogP contribution is -2.47. The molecule has 2 heterocycles. The van der Waals surface area contributed by atoms with Gasteiger partial charge in [-0.05, 0) is 32.4 Å². The molecule has 1 atom stereocenters. The largest absolute Gasteiger partial charge is 0.346 e. The van der Waals surface area contributed by atoms with Crippen LogP contribution in [0.25, 0.3) is 5.69 Å². The molecule has 0 bridgehead atoms. The molecular formula is C16H18FN3O3S. The zero-order valence-electron chi connectivity index (χ0n) is 13.4. The summed E-state index contributed by atoms with van der Waals surface area (Å²) in [4.78, 5) is 12.5. The van der Waals surface area contributed by atoms with Gasteiger partial charge in [-0.25, -0.2) is 17.5 Å². The van der Waals surface area contributed by atoms with Gasteiger partial charge in [-0.15, -0.1) is 0 Å². The molecule has 1 aromatic carbocycles. The number of halogens is 1. The highest BCUT2D eigenvalue weighted by atomic mass is 32.2. The zero-order chi connectivity index (χ0) is 17.5. The number of nitrogens with one attached hydrogen (secondary N) is 1. The van der Waals surface area contributed by atoms with Crippen LogP contribution in [-0.4, -0.2) is 41.2 Å². The maximum atomic E-state index is 13.9. The van der Waals surface area contributed by atoms with Crippen LogP contribution in [0.1, 0.15) is 29.4 Å². The molecule has 24 heavy (non-hydrogen) atoms. The van der Waals surface area contributed by atoms with E-state index >= 15 is 0 Å². The molecule has 1 unspecified atom stereocenters. The summed E-state index contributed by atoms with van der Waals surface area (Å²) in [6.07, 6.45) is 1.74.